The van der Waals surface area contributed by atoms with Crippen molar-refractivity contribution >= 4 is 131 Å². The molecule has 41 heavy (non-hydrogen) atoms. The average Bonchev–Trinajstić information content (AvgIpc) is 3.44. The minimum Gasteiger partial charge on any atom is -0.863 e. The summed E-state index contributed by atoms with van der Waals surface area (Å²) in [5.74, 6) is 3.92. The first-order valence-electron chi connectivity index (χ1n) is 13.5. The van der Waals surface area contributed by atoms with Gasteiger partial charge in [0.1, 0.15) is 10.7 Å². The Kier molecular flexibility index (Phi) is 12.2. The van der Waals surface area contributed by atoms with Gasteiger partial charge < -0.3 is 20.4 Å². The number of nitrogens with zero attached hydrogens (tertiary/aromatic N) is 2. The number of carbonyl (C=O) groups is 2. The number of aliphatic hydroxyl groups excluding tert-OH is 2. The van der Waals surface area contributed by atoms with Crippen LogP contribution in [0.15, 0.2) is 21.2 Å². The van der Waals surface area contributed by atoms with Crippen LogP contribution in [0.25, 0.3) is 0 Å². The topological polar surface area (TPSA) is 127 Å². The molecule has 15 heteroatoms. The number of β-lactam (4-membered cyclic amide) rings is 2. The molecular formula is C26H32CaN2O6S6. The van der Waals surface area contributed by atoms with Crippen LogP contribution in [0.5, 0.6) is 0 Å². The number of rotatable bonds is 6. The molecule has 220 valence electrons. The number of thiocarbonyl (C=S) groups is 2. The summed E-state index contributed by atoms with van der Waals surface area (Å²) in [5.41, 5.74) is 0.850. The maximum atomic E-state index is 12.1. The largest absolute Gasteiger partial charge is 2.00 e. The van der Waals surface area contributed by atoms with Gasteiger partial charge in [-0.25, -0.2) is 0 Å². The van der Waals surface area contributed by atoms with Crippen molar-refractivity contribution in [3.05, 3.63) is 21.2 Å². The molecule has 6 aliphatic rings. The van der Waals surface area contributed by atoms with Crippen LogP contribution in [0.3, 0.4) is 0 Å². The summed E-state index contributed by atoms with van der Waals surface area (Å²) >= 11 is 16.7. The van der Waals surface area contributed by atoms with Gasteiger partial charge in [-0.3, -0.25) is 19.4 Å². The number of hydrogen-bond donors (Lipinski definition) is 2. The summed E-state index contributed by atoms with van der Waals surface area (Å²) in [6, 6.07) is 0. The molecule has 0 bridgehead atoms. The van der Waals surface area contributed by atoms with E-state index in [1.165, 1.54) is 9.80 Å². The van der Waals surface area contributed by atoms with E-state index in [2.05, 4.69) is 0 Å². The van der Waals surface area contributed by atoms with Gasteiger partial charge in [0, 0.05) is 9.81 Å². The number of fused-ring (bicyclic) bond motifs is 2. The monoisotopic (exact) mass is 700 g/mol. The summed E-state index contributed by atoms with van der Waals surface area (Å²) in [5, 5.41) is 41.9. The normalized spacial score (nSPS) is 31.3. The van der Waals surface area contributed by atoms with Crippen molar-refractivity contribution in [3.8, 4) is 0 Å². The van der Waals surface area contributed by atoms with Crippen LogP contribution in [0, 0.1) is 23.7 Å². The van der Waals surface area contributed by atoms with Gasteiger partial charge in [-0.1, -0.05) is 24.4 Å². The molecule has 6 rings (SSSR count). The molecule has 0 unspecified atom stereocenters. The predicted octanol–water partition coefficient (Wildman–Crippen LogP) is 1.50. The molecule has 6 aliphatic heterocycles. The van der Waals surface area contributed by atoms with Crippen LogP contribution < -0.4 is 10.2 Å². The molecule has 4 saturated heterocycles. The number of amides is 2. The van der Waals surface area contributed by atoms with Crippen LogP contribution in [0.1, 0.15) is 39.5 Å². The Morgan fingerprint density at radius 2 is 1.07 bits per heavy atom. The third-order valence-corrected chi connectivity index (χ3v) is 13.8. The Morgan fingerprint density at radius 1 is 0.756 bits per heavy atom. The Morgan fingerprint density at radius 3 is 1.34 bits per heavy atom. The average molecular weight is 701 g/mol. The Balaban J connectivity index is 0.000000184. The van der Waals surface area contributed by atoms with Crippen molar-refractivity contribution in [3.63, 3.8) is 0 Å². The number of hydrogen-bond acceptors (Lipinski definition) is 12. The third kappa shape index (κ3) is 6.55. The van der Waals surface area contributed by atoms with Gasteiger partial charge in [0.2, 0.25) is 11.8 Å². The molecule has 6 heterocycles. The van der Waals surface area contributed by atoms with Crippen molar-refractivity contribution in [2.24, 2.45) is 23.7 Å². The maximum Gasteiger partial charge on any atom is 2.00 e. The van der Waals surface area contributed by atoms with E-state index < -0.39 is 34.1 Å². The number of thioether (sulfide) groups is 4. The summed E-state index contributed by atoms with van der Waals surface area (Å²) in [6.45, 7) is 3.26. The molecule has 0 aromatic rings. The molecule has 0 aliphatic carbocycles. The molecule has 0 aromatic heterocycles. The van der Waals surface area contributed by atoms with Crippen LogP contribution in [0.2, 0.25) is 0 Å². The quantitative estimate of drug-likeness (QED) is 0.237. The van der Waals surface area contributed by atoms with E-state index in [4.69, 9.17) is 24.4 Å². The zero-order chi connectivity index (χ0) is 28.9. The second-order valence-corrected chi connectivity index (χ2v) is 16.2. The van der Waals surface area contributed by atoms with E-state index in [0.29, 0.717) is 23.2 Å². The Hall–Kier alpha value is 0.780. The fourth-order valence-corrected chi connectivity index (χ4v) is 12.4. The second kappa shape index (κ2) is 14.5. The van der Waals surface area contributed by atoms with E-state index in [-0.39, 0.29) is 60.3 Å². The van der Waals surface area contributed by atoms with Crippen molar-refractivity contribution < 1.29 is 30.0 Å². The van der Waals surface area contributed by atoms with Gasteiger partial charge in [-0.15, -0.1) is 23.5 Å². The molecule has 0 aromatic carbocycles. The van der Waals surface area contributed by atoms with E-state index in [9.17, 15) is 30.0 Å². The van der Waals surface area contributed by atoms with E-state index >= 15 is 0 Å². The van der Waals surface area contributed by atoms with E-state index in [0.717, 1.165) is 58.5 Å². The van der Waals surface area contributed by atoms with Crippen molar-refractivity contribution in [1.29, 1.82) is 0 Å². The van der Waals surface area contributed by atoms with Crippen LogP contribution in [0.4, 0.5) is 0 Å². The molecule has 6 atom stereocenters. The molecule has 0 spiro atoms. The van der Waals surface area contributed by atoms with Gasteiger partial charge in [0.05, 0.1) is 35.4 Å². The van der Waals surface area contributed by atoms with Crippen LogP contribution in [-0.4, -0.2) is 126 Å². The van der Waals surface area contributed by atoms with Crippen LogP contribution >= 0.6 is 71.5 Å². The van der Waals surface area contributed by atoms with Crippen LogP contribution in [-0.2, 0) is 9.59 Å². The van der Waals surface area contributed by atoms with E-state index in [1.54, 1.807) is 37.4 Å². The number of allylic oxidation sites excluding steroid dienone is 2. The third-order valence-electron chi connectivity index (χ3n) is 8.22. The van der Waals surface area contributed by atoms with Gasteiger partial charge in [-0.05, 0) is 84.5 Å². The predicted molar refractivity (Wildman–Crippen MR) is 172 cm³/mol. The zero-order valence-corrected chi connectivity index (χ0v) is 30.0. The summed E-state index contributed by atoms with van der Waals surface area (Å²) in [7, 11) is 0. The first-order valence-corrected chi connectivity index (χ1v) is 18.3. The van der Waals surface area contributed by atoms with Gasteiger partial charge >= 0.3 is 37.7 Å². The Labute approximate surface area is 298 Å². The van der Waals surface area contributed by atoms with E-state index in [1.807, 2.05) is 23.5 Å². The SMILES string of the molecule is C[C@@H](O)[C@H]1C(=O)N2C(C([O-])=S)=C(C3CCSCC3)S[C@H]12.C[C@@H](O)[C@H]1C(=O)N2C(C([O-])=S)=C(C3CCSCC3)S[C@H]12.[Ca+2]. The first kappa shape index (κ1) is 34.6. The molecule has 8 nitrogen and oxygen atoms in total. The molecule has 0 saturated carbocycles. The minimum absolute atomic E-state index is 0. The zero-order valence-electron chi connectivity index (χ0n) is 22.9. The minimum atomic E-state index is -0.681. The van der Waals surface area contributed by atoms with Crippen molar-refractivity contribution in [1.82, 2.24) is 9.80 Å². The fourth-order valence-electron chi connectivity index (χ4n) is 6.09. The van der Waals surface area contributed by atoms with Gasteiger partial charge in [-0.2, -0.15) is 23.5 Å². The molecular weight excluding hydrogens is 669 g/mol. The summed E-state index contributed by atoms with van der Waals surface area (Å²) < 4.78 is 0. The number of aliphatic hydroxyl groups is 2. The summed E-state index contributed by atoms with van der Waals surface area (Å²) in [4.78, 5) is 29.3. The van der Waals surface area contributed by atoms with Crippen molar-refractivity contribution in [2.75, 3.05) is 23.0 Å². The fraction of sp³-hybridized carbons (Fsp3) is 0.692. The second-order valence-electron chi connectivity index (χ2n) is 10.7. The molecule has 4 fully saturated rings. The van der Waals surface area contributed by atoms with Gasteiger partial charge in [0.15, 0.2) is 0 Å². The smallest absolute Gasteiger partial charge is 0.863 e. The maximum absolute atomic E-state index is 12.1. The molecule has 2 amide bonds. The molecule has 0 radical (unpaired) electrons. The van der Waals surface area contributed by atoms with Crippen molar-refractivity contribution in [2.45, 2.75) is 62.5 Å². The standard InChI is InChI=1S/2C13H17NO3S3.Ca/c2*1-6(15)8-11(16)14-9(13(17)18)10(20-12(8)14)7-2-4-19-5-3-7;/h2*6-8,12,15H,2-5H2,1H3,(H,17,18);/q;;+2/p-2/t2*6-,8+,12-;/m11./s1. The number of carbonyl (C=O) groups excluding carboxylic acids is 2. The first-order chi connectivity index (χ1) is 19.0. The summed E-state index contributed by atoms with van der Waals surface area (Å²) in [6.07, 6.45) is 2.78. The van der Waals surface area contributed by atoms with Gasteiger partial charge in [0.25, 0.3) is 0 Å². The molecule has 2 N–H and O–H groups in total. The Bertz CT molecular complexity index is 1070.